The predicted molar refractivity (Wildman–Crippen MR) is 83.6 cm³/mol. The van der Waals surface area contributed by atoms with Crippen molar-refractivity contribution >= 4 is 23.2 Å². The Morgan fingerprint density at radius 2 is 2.24 bits per heavy atom. The summed E-state index contributed by atoms with van der Waals surface area (Å²) < 4.78 is 7.21. The molecule has 0 bridgehead atoms. The molecule has 1 aromatic heterocycles. The Morgan fingerprint density at radius 1 is 1.43 bits per heavy atom. The molecular weight excluding hydrogens is 311 g/mol. The van der Waals surface area contributed by atoms with Crippen LogP contribution in [0.25, 0.3) is 0 Å². The number of hydrogen-bond donors (Lipinski definition) is 1. The van der Waals surface area contributed by atoms with Crippen LogP contribution in [0.3, 0.4) is 0 Å². The summed E-state index contributed by atoms with van der Waals surface area (Å²) in [6.07, 6.45) is 6.67. The molecule has 2 aromatic rings. The van der Waals surface area contributed by atoms with Crippen molar-refractivity contribution in [3.63, 3.8) is 0 Å². The fraction of sp³-hybridized carbons (Fsp3) is 0.267. The van der Waals surface area contributed by atoms with Gasteiger partial charge in [0.05, 0.1) is 26.1 Å². The molecule has 0 aliphatic rings. The van der Waals surface area contributed by atoms with E-state index in [4.69, 9.17) is 27.9 Å². The third kappa shape index (κ3) is 4.08. The van der Waals surface area contributed by atoms with E-state index < -0.39 is 5.60 Å². The van der Waals surface area contributed by atoms with Gasteiger partial charge in [0, 0.05) is 28.0 Å². The van der Waals surface area contributed by atoms with Gasteiger partial charge in [-0.1, -0.05) is 35.3 Å². The first-order chi connectivity index (χ1) is 10.0. The molecule has 1 heterocycles. The number of aromatic nitrogens is 2. The molecule has 0 saturated heterocycles. The van der Waals surface area contributed by atoms with Gasteiger partial charge in [0.1, 0.15) is 5.60 Å². The minimum atomic E-state index is -1.29. The molecule has 0 fully saturated rings. The van der Waals surface area contributed by atoms with Gasteiger partial charge in [0.25, 0.3) is 0 Å². The van der Waals surface area contributed by atoms with Gasteiger partial charge in [-0.05, 0) is 12.1 Å². The Labute approximate surface area is 133 Å². The monoisotopic (exact) mass is 326 g/mol. The van der Waals surface area contributed by atoms with Crippen LogP contribution in [-0.2, 0) is 16.9 Å². The minimum Gasteiger partial charge on any atom is -0.381 e. The summed E-state index contributed by atoms with van der Waals surface area (Å²) in [5.41, 5.74) is -0.725. The minimum absolute atomic E-state index is 0.0819. The fourth-order valence-corrected chi connectivity index (χ4v) is 2.65. The highest BCUT2D eigenvalue weighted by atomic mass is 35.5. The van der Waals surface area contributed by atoms with Gasteiger partial charge < -0.3 is 14.4 Å². The molecule has 2 rings (SSSR count). The quantitative estimate of drug-likeness (QED) is 0.627. The van der Waals surface area contributed by atoms with Crippen LogP contribution in [0.2, 0.25) is 10.0 Å². The molecule has 1 aromatic carbocycles. The summed E-state index contributed by atoms with van der Waals surface area (Å²) in [7, 11) is 0. The number of benzene rings is 1. The Hall–Kier alpha value is -1.33. The smallest absolute Gasteiger partial charge is 0.132 e. The van der Waals surface area contributed by atoms with Gasteiger partial charge in [-0.3, -0.25) is 0 Å². The molecule has 1 unspecified atom stereocenters. The highest BCUT2D eigenvalue weighted by Gasteiger charge is 2.32. The summed E-state index contributed by atoms with van der Waals surface area (Å²) in [5, 5.41) is 11.9. The van der Waals surface area contributed by atoms with Crippen molar-refractivity contribution in [3.8, 4) is 0 Å². The van der Waals surface area contributed by atoms with Gasteiger partial charge in [0.15, 0.2) is 0 Å². The first-order valence-electron chi connectivity index (χ1n) is 6.37. The topological polar surface area (TPSA) is 47.3 Å². The van der Waals surface area contributed by atoms with E-state index in [1.54, 1.807) is 47.6 Å². The SMILES string of the molecule is C=CCOCC(O)(Cn1ccnc1)c1ccc(Cl)cc1Cl. The zero-order valence-corrected chi connectivity index (χ0v) is 12.9. The number of halogens is 2. The lowest BCUT2D eigenvalue weighted by atomic mass is 9.94. The third-order valence-electron chi connectivity index (χ3n) is 3.01. The van der Waals surface area contributed by atoms with E-state index in [1.165, 1.54) is 0 Å². The first kappa shape index (κ1) is 16.0. The van der Waals surface area contributed by atoms with E-state index in [2.05, 4.69) is 11.6 Å². The maximum Gasteiger partial charge on any atom is 0.132 e. The highest BCUT2D eigenvalue weighted by molar-refractivity contribution is 6.35. The van der Waals surface area contributed by atoms with Crippen LogP contribution in [0.5, 0.6) is 0 Å². The highest BCUT2D eigenvalue weighted by Crippen LogP contribution is 2.32. The van der Waals surface area contributed by atoms with Crippen LogP contribution < -0.4 is 0 Å². The molecule has 1 atom stereocenters. The second kappa shape index (κ2) is 7.09. The Morgan fingerprint density at radius 3 is 2.86 bits per heavy atom. The van der Waals surface area contributed by atoms with Crippen molar-refractivity contribution in [2.75, 3.05) is 13.2 Å². The zero-order chi connectivity index (χ0) is 15.3. The molecule has 4 nitrogen and oxygen atoms in total. The average molecular weight is 327 g/mol. The van der Waals surface area contributed by atoms with Crippen LogP contribution in [0.1, 0.15) is 5.56 Å². The van der Waals surface area contributed by atoms with Gasteiger partial charge in [-0.15, -0.1) is 6.58 Å². The second-order valence-corrected chi connectivity index (χ2v) is 5.54. The van der Waals surface area contributed by atoms with Crippen molar-refractivity contribution in [1.82, 2.24) is 9.55 Å². The molecule has 0 amide bonds. The van der Waals surface area contributed by atoms with Crippen molar-refractivity contribution in [2.24, 2.45) is 0 Å². The number of aliphatic hydroxyl groups is 1. The molecular formula is C15H16Cl2N2O2. The Bertz CT molecular complexity index is 602. The largest absolute Gasteiger partial charge is 0.381 e. The summed E-state index contributed by atoms with van der Waals surface area (Å²) >= 11 is 12.1. The van der Waals surface area contributed by atoms with Crippen LogP contribution in [0.15, 0.2) is 49.6 Å². The zero-order valence-electron chi connectivity index (χ0n) is 11.4. The van der Waals surface area contributed by atoms with Crippen molar-refractivity contribution in [3.05, 3.63) is 65.2 Å². The van der Waals surface area contributed by atoms with E-state index in [0.29, 0.717) is 22.2 Å². The molecule has 0 aliphatic heterocycles. The van der Waals surface area contributed by atoms with Gasteiger partial charge in [-0.25, -0.2) is 4.98 Å². The lowest BCUT2D eigenvalue weighted by Gasteiger charge is -2.29. The number of nitrogens with zero attached hydrogens (tertiary/aromatic N) is 2. The van der Waals surface area contributed by atoms with Crippen LogP contribution >= 0.6 is 23.2 Å². The van der Waals surface area contributed by atoms with Gasteiger partial charge >= 0.3 is 0 Å². The van der Waals surface area contributed by atoms with Crippen molar-refractivity contribution < 1.29 is 9.84 Å². The van der Waals surface area contributed by atoms with Crippen LogP contribution in [0, 0.1) is 0 Å². The maximum absolute atomic E-state index is 11.0. The molecule has 6 heteroatoms. The van der Waals surface area contributed by atoms with Crippen molar-refractivity contribution in [2.45, 2.75) is 12.1 Å². The van der Waals surface area contributed by atoms with E-state index >= 15 is 0 Å². The normalized spacial score (nSPS) is 13.9. The van der Waals surface area contributed by atoms with E-state index in [-0.39, 0.29) is 13.2 Å². The summed E-state index contributed by atoms with van der Waals surface area (Å²) in [6.45, 7) is 4.29. The number of rotatable bonds is 7. The third-order valence-corrected chi connectivity index (χ3v) is 3.56. The van der Waals surface area contributed by atoms with Gasteiger partial charge in [-0.2, -0.15) is 0 Å². The molecule has 0 radical (unpaired) electrons. The van der Waals surface area contributed by atoms with E-state index in [0.717, 1.165) is 0 Å². The first-order valence-corrected chi connectivity index (χ1v) is 7.13. The second-order valence-electron chi connectivity index (χ2n) is 4.69. The van der Waals surface area contributed by atoms with E-state index in [1.807, 2.05) is 0 Å². The number of ether oxygens (including phenoxy) is 1. The molecule has 21 heavy (non-hydrogen) atoms. The standard InChI is InChI=1S/C15H16Cl2N2O2/c1-2-7-21-10-15(20,9-19-6-5-18-11-19)13-4-3-12(16)8-14(13)17/h2-6,8,11,20H,1,7,9-10H2. The summed E-state index contributed by atoms with van der Waals surface area (Å²) in [6, 6.07) is 5.00. The molecule has 1 N–H and O–H groups in total. The van der Waals surface area contributed by atoms with E-state index in [9.17, 15) is 5.11 Å². The average Bonchev–Trinajstić information content (AvgIpc) is 2.91. The summed E-state index contributed by atoms with van der Waals surface area (Å²) in [4.78, 5) is 3.97. The number of imidazole rings is 1. The lowest BCUT2D eigenvalue weighted by molar-refractivity contribution is -0.0561. The van der Waals surface area contributed by atoms with Crippen LogP contribution in [0.4, 0.5) is 0 Å². The van der Waals surface area contributed by atoms with Gasteiger partial charge in [0.2, 0.25) is 0 Å². The molecule has 0 aliphatic carbocycles. The van der Waals surface area contributed by atoms with Crippen molar-refractivity contribution in [1.29, 1.82) is 0 Å². The Balaban J connectivity index is 2.31. The Kier molecular flexibility index (Phi) is 5.42. The molecule has 0 spiro atoms. The lowest BCUT2D eigenvalue weighted by Crippen LogP contribution is -2.36. The predicted octanol–water partition coefficient (Wildman–Crippen LogP) is 3.28. The number of hydrogen-bond acceptors (Lipinski definition) is 3. The maximum atomic E-state index is 11.0. The summed E-state index contributed by atoms with van der Waals surface area (Å²) in [5.74, 6) is 0. The molecule has 112 valence electrons. The van der Waals surface area contributed by atoms with Crippen LogP contribution in [-0.4, -0.2) is 27.9 Å². The molecule has 0 saturated carbocycles. The fourth-order valence-electron chi connectivity index (χ4n) is 2.07.